The third kappa shape index (κ3) is 5.67. The first-order valence-electron chi connectivity index (χ1n) is 9.62. The van der Waals surface area contributed by atoms with E-state index in [1.807, 2.05) is 25.1 Å². The van der Waals surface area contributed by atoms with Crippen molar-refractivity contribution in [2.24, 2.45) is 0 Å². The monoisotopic (exact) mass is 512 g/mol. The Morgan fingerprint density at radius 2 is 1.84 bits per heavy atom. The van der Waals surface area contributed by atoms with Gasteiger partial charge in [-0.25, -0.2) is 0 Å². The minimum absolute atomic E-state index is 0.0362. The van der Waals surface area contributed by atoms with Crippen LogP contribution < -0.4 is 9.47 Å². The summed E-state index contributed by atoms with van der Waals surface area (Å²) in [5.74, 6) is 1.06. The van der Waals surface area contributed by atoms with Gasteiger partial charge in [-0.05, 0) is 54.5 Å². The third-order valence-corrected chi connectivity index (χ3v) is 5.57. The van der Waals surface area contributed by atoms with Crippen LogP contribution in [0.5, 0.6) is 11.5 Å². The summed E-state index contributed by atoms with van der Waals surface area (Å²) in [5.41, 5.74) is 2.44. The lowest BCUT2D eigenvalue weighted by Crippen LogP contribution is -2.01. The average Bonchev–Trinajstić information content (AvgIpc) is 2.79. The van der Waals surface area contributed by atoms with Gasteiger partial charge in [-0.3, -0.25) is 10.1 Å². The molecule has 0 bridgehead atoms. The Labute approximate surface area is 198 Å². The van der Waals surface area contributed by atoms with Crippen molar-refractivity contribution in [3.8, 4) is 17.6 Å². The van der Waals surface area contributed by atoms with Gasteiger partial charge in [0.25, 0.3) is 5.69 Å². The van der Waals surface area contributed by atoms with Crippen molar-refractivity contribution in [3.63, 3.8) is 0 Å². The summed E-state index contributed by atoms with van der Waals surface area (Å²) in [5, 5.41) is 21.1. The summed E-state index contributed by atoms with van der Waals surface area (Å²) in [6, 6.07) is 19.0. The van der Waals surface area contributed by atoms with Gasteiger partial charge in [0.15, 0.2) is 11.5 Å². The SMILES string of the molecule is CCOc1cc(/C=C(/C#N)c2ccc([N+](=O)[O-])cc2)c(Br)cc1OCc1ccccc1Cl. The molecule has 0 aliphatic rings. The molecule has 0 spiro atoms. The largest absolute Gasteiger partial charge is 0.490 e. The van der Waals surface area contributed by atoms with Gasteiger partial charge in [-0.1, -0.05) is 45.7 Å². The zero-order valence-electron chi connectivity index (χ0n) is 17.0. The van der Waals surface area contributed by atoms with Crippen molar-refractivity contribution < 1.29 is 14.4 Å². The van der Waals surface area contributed by atoms with E-state index < -0.39 is 4.92 Å². The van der Waals surface area contributed by atoms with E-state index >= 15 is 0 Å². The highest BCUT2D eigenvalue weighted by Crippen LogP contribution is 2.36. The van der Waals surface area contributed by atoms with Crippen molar-refractivity contribution in [2.45, 2.75) is 13.5 Å². The number of nitriles is 1. The molecule has 0 heterocycles. The van der Waals surface area contributed by atoms with Crippen LogP contribution in [-0.2, 0) is 6.61 Å². The molecule has 0 aromatic heterocycles. The van der Waals surface area contributed by atoms with E-state index in [-0.39, 0.29) is 12.3 Å². The summed E-state index contributed by atoms with van der Waals surface area (Å²) >= 11 is 9.74. The lowest BCUT2D eigenvalue weighted by molar-refractivity contribution is -0.384. The van der Waals surface area contributed by atoms with E-state index in [4.69, 9.17) is 21.1 Å². The lowest BCUT2D eigenvalue weighted by atomic mass is 10.0. The second kappa shape index (κ2) is 10.8. The van der Waals surface area contributed by atoms with Crippen molar-refractivity contribution in [2.75, 3.05) is 6.61 Å². The highest BCUT2D eigenvalue weighted by molar-refractivity contribution is 9.10. The molecule has 3 rings (SSSR count). The summed E-state index contributed by atoms with van der Waals surface area (Å²) < 4.78 is 12.4. The Kier molecular flexibility index (Phi) is 7.87. The van der Waals surface area contributed by atoms with E-state index in [1.54, 1.807) is 36.4 Å². The van der Waals surface area contributed by atoms with Gasteiger partial charge in [0.2, 0.25) is 0 Å². The fourth-order valence-corrected chi connectivity index (χ4v) is 3.54. The molecule has 162 valence electrons. The van der Waals surface area contributed by atoms with E-state index in [0.29, 0.717) is 44.3 Å². The maximum atomic E-state index is 10.9. The molecule has 32 heavy (non-hydrogen) atoms. The molecular weight excluding hydrogens is 496 g/mol. The van der Waals surface area contributed by atoms with Gasteiger partial charge >= 0.3 is 0 Å². The standard InChI is InChI=1S/C24H18BrClN2O4/c1-2-31-23-12-18(11-19(14-27)16-7-9-20(10-8-16)28(29)30)21(25)13-24(23)32-15-17-5-3-4-6-22(17)26/h3-13H,2,15H2,1H3/b19-11-. The number of benzene rings is 3. The molecule has 0 atom stereocenters. The molecule has 0 fully saturated rings. The summed E-state index contributed by atoms with van der Waals surface area (Å²) in [6.07, 6.45) is 1.69. The topological polar surface area (TPSA) is 85.4 Å². The Hall–Kier alpha value is -3.34. The quantitative estimate of drug-likeness (QED) is 0.139. The molecule has 8 heteroatoms. The van der Waals surface area contributed by atoms with E-state index in [9.17, 15) is 15.4 Å². The van der Waals surface area contributed by atoms with Gasteiger partial charge in [-0.15, -0.1) is 0 Å². The van der Waals surface area contributed by atoms with Gasteiger partial charge < -0.3 is 9.47 Å². The molecule has 0 unspecified atom stereocenters. The second-order valence-corrected chi connectivity index (χ2v) is 7.87. The number of hydrogen-bond acceptors (Lipinski definition) is 5. The summed E-state index contributed by atoms with van der Waals surface area (Å²) in [4.78, 5) is 10.4. The fourth-order valence-electron chi connectivity index (χ4n) is 2.91. The average molecular weight is 514 g/mol. The minimum atomic E-state index is -0.480. The van der Waals surface area contributed by atoms with Crippen LogP contribution in [-0.4, -0.2) is 11.5 Å². The Morgan fingerprint density at radius 1 is 1.16 bits per heavy atom. The Bertz CT molecular complexity index is 1200. The highest BCUT2D eigenvalue weighted by Gasteiger charge is 2.13. The van der Waals surface area contributed by atoms with Crippen molar-refractivity contribution >= 4 is 44.9 Å². The molecule has 3 aromatic rings. The van der Waals surface area contributed by atoms with Gasteiger partial charge in [0, 0.05) is 27.2 Å². The number of nitro groups is 1. The highest BCUT2D eigenvalue weighted by atomic mass is 79.9. The summed E-state index contributed by atoms with van der Waals surface area (Å²) in [7, 11) is 0. The number of ether oxygens (including phenoxy) is 2. The first kappa shape index (κ1) is 23.3. The predicted octanol–water partition coefficient (Wildman–Crippen LogP) is 7.05. The smallest absolute Gasteiger partial charge is 0.269 e. The maximum Gasteiger partial charge on any atom is 0.269 e. The molecule has 0 amide bonds. The van der Waals surface area contributed by atoms with Crippen LogP contribution in [0, 0.1) is 21.4 Å². The number of rotatable bonds is 8. The van der Waals surface area contributed by atoms with Crippen LogP contribution in [0.1, 0.15) is 23.6 Å². The Morgan fingerprint density at radius 3 is 2.47 bits per heavy atom. The van der Waals surface area contributed by atoms with Crippen molar-refractivity contribution in [3.05, 3.63) is 97.0 Å². The van der Waals surface area contributed by atoms with Crippen LogP contribution in [0.2, 0.25) is 5.02 Å². The van der Waals surface area contributed by atoms with Gasteiger partial charge in [-0.2, -0.15) is 5.26 Å². The second-order valence-electron chi connectivity index (χ2n) is 6.61. The normalized spacial score (nSPS) is 11.0. The first-order valence-corrected chi connectivity index (χ1v) is 10.8. The van der Waals surface area contributed by atoms with Crippen molar-refractivity contribution in [1.29, 1.82) is 5.26 Å². The summed E-state index contributed by atoms with van der Waals surface area (Å²) in [6.45, 7) is 2.57. The van der Waals surface area contributed by atoms with E-state index in [0.717, 1.165) is 5.56 Å². The number of nitro benzene ring substituents is 1. The minimum Gasteiger partial charge on any atom is -0.490 e. The Balaban J connectivity index is 1.92. The van der Waals surface area contributed by atoms with Crippen LogP contribution in [0.4, 0.5) is 5.69 Å². The molecule has 3 aromatic carbocycles. The van der Waals surface area contributed by atoms with Gasteiger partial charge in [0.05, 0.1) is 23.2 Å². The zero-order chi connectivity index (χ0) is 23.1. The third-order valence-electron chi connectivity index (χ3n) is 4.51. The van der Waals surface area contributed by atoms with Crippen LogP contribution in [0.15, 0.2) is 65.1 Å². The van der Waals surface area contributed by atoms with Crippen LogP contribution in [0.25, 0.3) is 11.6 Å². The predicted molar refractivity (Wildman–Crippen MR) is 128 cm³/mol. The van der Waals surface area contributed by atoms with Crippen LogP contribution in [0.3, 0.4) is 0 Å². The van der Waals surface area contributed by atoms with Crippen LogP contribution >= 0.6 is 27.5 Å². The molecule has 0 saturated carbocycles. The number of hydrogen-bond donors (Lipinski definition) is 0. The van der Waals surface area contributed by atoms with Crippen molar-refractivity contribution in [1.82, 2.24) is 0 Å². The number of nitrogens with zero attached hydrogens (tertiary/aromatic N) is 2. The number of allylic oxidation sites excluding steroid dienone is 1. The molecule has 6 nitrogen and oxygen atoms in total. The first-order chi connectivity index (χ1) is 15.4. The van der Waals surface area contributed by atoms with E-state index in [2.05, 4.69) is 22.0 Å². The molecule has 0 aliphatic carbocycles. The molecule has 0 N–H and O–H groups in total. The maximum absolute atomic E-state index is 10.9. The molecular formula is C24H18BrClN2O4. The number of non-ortho nitro benzene ring substituents is 1. The van der Waals surface area contributed by atoms with Gasteiger partial charge in [0.1, 0.15) is 6.61 Å². The molecule has 0 radical (unpaired) electrons. The lowest BCUT2D eigenvalue weighted by Gasteiger charge is -2.15. The fraction of sp³-hybridized carbons (Fsp3) is 0.125. The van der Waals surface area contributed by atoms with E-state index in [1.165, 1.54) is 12.1 Å². The zero-order valence-corrected chi connectivity index (χ0v) is 19.4. The number of halogens is 2. The molecule has 0 aliphatic heterocycles. The molecule has 0 saturated heterocycles.